The van der Waals surface area contributed by atoms with Crippen LogP contribution in [0.15, 0.2) is 58.9 Å². The van der Waals surface area contributed by atoms with Gasteiger partial charge in [-0.2, -0.15) is 0 Å². The fraction of sp³-hybridized carbons (Fsp3) is 0.111. The summed E-state index contributed by atoms with van der Waals surface area (Å²) in [6, 6.07) is 11.2. The van der Waals surface area contributed by atoms with Crippen molar-refractivity contribution in [3.05, 3.63) is 59.6 Å². The first-order chi connectivity index (χ1) is 12.8. The van der Waals surface area contributed by atoms with Gasteiger partial charge in [-0.15, -0.1) is 11.3 Å². The van der Waals surface area contributed by atoms with Crippen molar-refractivity contribution in [2.45, 2.75) is 11.8 Å². The Morgan fingerprint density at radius 1 is 1.26 bits per heavy atom. The smallest absolute Gasteiger partial charge is 0.341 e. The van der Waals surface area contributed by atoms with Crippen molar-refractivity contribution in [2.24, 2.45) is 0 Å². The number of aliphatic carboxylic acids is 1. The lowest BCUT2D eigenvalue weighted by atomic mass is 10.2. The first-order valence-corrected chi connectivity index (χ1v) is 10.2. The van der Waals surface area contributed by atoms with E-state index in [1.165, 1.54) is 29.5 Å². The Balaban J connectivity index is 1.82. The highest BCUT2D eigenvalue weighted by molar-refractivity contribution is 7.92. The summed E-state index contributed by atoms with van der Waals surface area (Å²) < 4.78 is 33.0. The van der Waals surface area contributed by atoms with Crippen LogP contribution in [0.1, 0.15) is 5.56 Å². The van der Waals surface area contributed by atoms with Crippen LogP contribution in [-0.2, 0) is 14.8 Å². The molecule has 0 radical (unpaired) electrons. The number of carbonyl (C=O) groups is 1. The number of benzene rings is 2. The molecule has 2 N–H and O–H groups in total. The van der Waals surface area contributed by atoms with Crippen LogP contribution in [0, 0.1) is 6.92 Å². The molecule has 3 rings (SSSR count). The molecule has 0 aliphatic heterocycles. The second-order valence-corrected chi connectivity index (χ2v) is 8.21. The number of sulfonamides is 1. The van der Waals surface area contributed by atoms with E-state index < -0.39 is 22.6 Å². The number of rotatable bonds is 7. The zero-order chi connectivity index (χ0) is 19.4. The minimum atomic E-state index is -3.81. The Kier molecular flexibility index (Phi) is 5.43. The second-order valence-electron chi connectivity index (χ2n) is 5.63. The van der Waals surface area contributed by atoms with Crippen LogP contribution < -0.4 is 9.46 Å². The molecule has 0 aliphatic rings. The Morgan fingerprint density at radius 2 is 2.07 bits per heavy atom. The third-order valence-corrected chi connectivity index (χ3v) is 5.80. The molecule has 0 aliphatic carbocycles. The normalized spacial score (nSPS) is 11.1. The van der Waals surface area contributed by atoms with E-state index in [9.17, 15) is 13.2 Å². The van der Waals surface area contributed by atoms with Crippen LogP contribution in [-0.4, -0.2) is 31.1 Å². The highest BCUT2D eigenvalue weighted by Crippen LogP contribution is 2.27. The minimum absolute atomic E-state index is 0.0577. The van der Waals surface area contributed by atoms with Gasteiger partial charge in [-0.3, -0.25) is 4.72 Å². The molecule has 27 heavy (non-hydrogen) atoms. The van der Waals surface area contributed by atoms with E-state index in [1.807, 2.05) is 11.4 Å². The predicted octanol–water partition coefficient (Wildman–Crippen LogP) is 3.38. The van der Waals surface area contributed by atoms with Gasteiger partial charge in [0, 0.05) is 22.8 Å². The number of carboxylic acids is 1. The molecule has 7 nitrogen and oxygen atoms in total. The van der Waals surface area contributed by atoms with Gasteiger partial charge in [0.15, 0.2) is 6.61 Å². The maximum atomic E-state index is 12.7. The number of hydrogen-bond donors (Lipinski definition) is 2. The summed E-state index contributed by atoms with van der Waals surface area (Å²) in [6.45, 7) is 1.16. The molecule has 0 atom stereocenters. The number of anilines is 1. The highest BCUT2D eigenvalue weighted by Gasteiger charge is 2.16. The summed E-state index contributed by atoms with van der Waals surface area (Å²) in [7, 11) is -3.81. The number of nitrogens with zero attached hydrogens (tertiary/aromatic N) is 1. The topological polar surface area (TPSA) is 106 Å². The van der Waals surface area contributed by atoms with Crippen molar-refractivity contribution in [3.63, 3.8) is 0 Å². The molecule has 0 saturated heterocycles. The monoisotopic (exact) mass is 404 g/mol. The van der Waals surface area contributed by atoms with Gasteiger partial charge in [-0.25, -0.2) is 18.2 Å². The number of hydrogen-bond acceptors (Lipinski definition) is 6. The average molecular weight is 404 g/mol. The molecule has 0 amide bonds. The quantitative estimate of drug-likeness (QED) is 0.625. The van der Waals surface area contributed by atoms with E-state index in [2.05, 4.69) is 9.71 Å². The van der Waals surface area contributed by atoms with Crippen LogP contribution in [0.3, 0.4) is 0 Å². The maximum Gasteiger partial charge on any atom is 0.341 e. The van der Waals surface area contributed by atoms with Gasteiger partial charge in [0.2, 0.25) is 0 Å². The van der Waals surface area contributed by atoms with Crippen molar-refractivity contribution in [3.8, 4) is 16.3 Å². The zero-order valence-corrected chi connectivity index (χ0v) is 15.9. The predicted molar refractivity (Wildman–Crippen MR) is 103 cm³/mol. The standard InChI is InChI=1S/C18H16N2O5S2/c1-12-9-15(5-6-16(12)25-11-17(21)22)27(23,24)20-14-4-2-3-13(10-14)18-19-7-8-26-18/h2-10,20H,11H2,1H3,(H,21,22). The van der Waals surface area contributed by atoms with Gasteiger partial charge in [0.1, 0.15) is 10.8 Å². The molecule has 9 heteroatoms. The summed E-state index contributed by atoms with van der Waals surface area (Å²) in [5.74, 6) is -0.782. The number of ether oxygens (including phenoxy) is 1. The molecule has 1 heterocycles. The summed E-state index contributed by atoms with van der Waals surface area (Å²) in [5.41, 5.74) is 1.76. The Morgan fingerprint density at radius 3 is 2.74 bits per heavy atom. The molecular weight excluding hydrogens is 388 g/mol. The number of aryl methyl sites for hydroxylation is 1. The maximum absolute atomic E-state index is 12.7. The molecule has 0 spiro atoms. The molecular formula is C18H16N2O5S2. The van der Waals surface area contributed by atoms with Crippen molar-refractivity contribution < 1.29 is 23.1 Å². The van der Waals surface area contributed by atoms with Crippen molar-refractivity contribution in [1.82, 2.24) is 4.98 Å². The van der Waals surface area contributed by atoms with Crippen molar-refractivity contribution in [2.75, 3.05) is 11.3 Å². The number of nitrogens with one attached hydrogen (secondary N) is 1. The lowest BCUT2D eigenvalue weighted by Gasteiger charge is -2.12. The van der Waals surface area contributed by atoms with E-state index in [4.69, 9.17) is 9.84 Å². The van der Waals surface area contributed by atoms with Crippen molar-refractivity contribution in [1.29, 1.82) is 0 Å². The summed E-state index contributed by atoms with van der Waals surface area (Å²) in [5, 5.41) is 11.3. The number of carboxylic acid groups (broad SMARTS) is 1. The van der Waals surface area contributed by atoms with Crippen LogP contribution in [0.4, 0.5) is 5.69 Å². The van der Waals surface area contributed by atoms with E-state index in [0.717, 1.165) is 10.6 Å². The second kappa shape index (κ2) is 7.77. The largest absolute Gasteiger partial charge is 0.482 e. The van der Waals surface area contributed by atoms with Gasteiger partial charge < -0.3 is 9.84 Å². The highest BCUT2D eigenvalue weighted by atomic mass is 32.2. The van der Waals surface area contributed by atoms with Crippen LogP contribution in [0.5, 0.6) is 5.75 Å². The Bertz CT molecular complexity index is 1060. The summed E-state index contributed by atoms with van der Waals surface area (Å²) in [4.78, 5) is 14.9. The Labute approximate surface area is 160 Å². The van der Waals surface area contributed by atoms with E-state index in [1.54, 1.807) is 31.3 Å². The lowest BCUT2D eigenvalue weighted by Crippen LogP contribution is -2.14. The molecule has 1 aromatic heterocycles. The van der Waals surface area contributed by atoms with E-state index in [-0.39, 0.29) is 4.90 Å². The Hall–Kier alpha value is -2.91. The lowest BCUT2D eigenvalue weighted by molar-refractivity contribution is -0.139. The average Bonchev–Trinajstić information content (AvgIpc) is 3.15. The van der Waals surface area contributed by atoms with Crippen LogP contribution in [0.2, 0.25) is 0 Å². The SMILES string of the molecule is Cc1cc(S(=O)(=O)Nc2cccc(-c3nccs3)c2)ccc1OCC(=O)O. The summed E-state index contributed by atoms with van der Waals surface area (Å²) in [6.07, 6.45) is 1.69. The molecule has 0 saturated carbocycles. The van der Waals surface area contributed by atoms with Gasteiger partial charge in [-0.05, 0) is 42.8 Å². The third-order valence-electron chi connectivity index (χ3n) is 3.60. The zero-order valence-electron chi connectivity index (χ0n) is 14.2. The van der Waals surface area contributed by atoms with Gasteiger partial charge >= 0.3 is 5.97 Å². The van der Waals surface area contributed by atoms with Crippen LogP contribution in [0.25, 0.3) is 10.6 Å². The minimum Gasteiger partial charge on any atom is -0.482 e. The van der Waals surface area contributed by atoms with Crippen LogP contribution >= 0.6 is 11.3 Å². The fourth-order valence-corrected chi connectivity index (χ4v) is 4.16. The van der Waals surface area contributed by atoms with E-state index in [0.29, 0.717) is 17.0 Å². The molecule has 3 aromatic rings. The number of thiazole rings is 1. The molecule has 0 unspecified atom stereocenters. The first-order valence-electron chi connectivity index (χ1n) is 7.83. The molecule has 0 bridgehead atoms. The molecule has 0 fully saturated rings. The van der Waals surface area contributed by atoms with Gasteiger partial charge in [-0.1, -0.05) is 12.1 Å². The van der Waals surface area contributed by atoms with Gasteiger partial charge in [0.25, 0.3) is 10.0 Å². The van der Waals surface area contributed by atoms with Gasteiger partial charge in [0.05, 0.1) is 4.90 Å². The molecule has 2 aromatic carbocycles. The van der Waals surface area contributed by atoms with Crippen molar-refractivity contribution >= 4 is 33.0 Å². The summed E-state index contributed by atoms with van der Waals surface area (Å²) >= 11 is 1.47. The molecule has 140 valence electrons. The van der Waals surface area contributed by atoms with E-state index >= 15 is 0 Å². The number of aromatic nitrogens is 1. The first kappa shape index (κ1) is 18.9. The third kappa shape index (κ3) is 4.63. The fourth-order valence-electron chi connectivity index (χ4n) is 2.39.